The number of nitrogens with one attached hydrogen (secondary N) is 2. The number of amides is 2. The van der Waals surface area contributed by atoms with E-state index in [1.807, 2.05) is 43.3 Å². The van der Waals surface area contributed by atoms with Gasteiger partial charge < -0.3 is 21.1 Å². The predicted molar refractivity (Wildman–Crippen MR) is 135 cm³/mol. The molecule has 5 rings (SSSR count). The highest BCUT2D eigenvalue weighted by molar-refractivity contribution is 6.03. The predicted octanol–water partition coefficient (Wildman–Crippen LogP) is 4.78. The van der Waals surface area contributed by atoms with Crippen molar-refractivity contribution in [2.75, 3.05) is 18.4 Å². The van der Waals surface area contributed by atoms with Crippen molar-refractivity contribution < 1.29 is 14.3 Å². The fourth-order valence-electron chi connectivity index (χ4n) is 4.62. The van der Waals surface area contributed by atoms with E-state index < -0.39 is 6.03 Å². The molecule has 0 bridgehead atoms. The summed E-state index contributed by atoms with van der Waals surface area (Å²) in [6.07, 6.45) is 3.81. The number of aromatic nitrogens is 2. The summed E-state index contributed by atoms with van der Waals surface area (Å²) in [6.45, 7) is 3.89. The van der Waals surface area contributed by atoms with Crippen LogP contribution >= 0.6 is 0 Å². The Morgan fingerprint density at radius 1 is 1.03 bits per heavy atom. The van der Waals surface area contributed by atoms with Gasteiger partial charge in [-0.2, -0.15) is 0 Å². The van der Waals surface area contributed by atoms with Gasteiger partial charge in [-0.05, 0) is 86.8 Å². The highest BCUT2D eigenvalue weighted by Crippen LogP contribution is 2.29. The number of primary amides is 1. The molecule has 4 aromatic rings. The van der Waals surface area contributed by atoms with E-state index in [9.17, 15) is 9.59 Å². The number of fused-ring (bicyclic) bond motifs is 1. The Labute approximate surface area is 203 Å². The zero-order valence-corrected chi connectivity index (χ0v) is 19.5. The van der Waals surface area contributed by atoms with Crippen LogP contribution in [0.2, 0.25) is 0 Å². The highest BCUT2D eigenvalue weighted by Gasteiger charge is 2.16. The van der Waals surface area contributed by atoms with E-state index in [-0.39, 0.29) is 5.91 Å². The van der Waals surface area contributed by atoms with Crippen LogP contribution in [0.25, 0.3) is 10.9 Å². The molecule has 2 amide bonds. The maximum atomic E-state index is 12.8. The third-order valence-corrected chi connectivity index (χ3v) is 6.37. The van der Waals surface area contributed by atoms with E-state index >= 15 is 0 Å². The lowest BCUT2D eigenvalue weighted by atomic mass is 9.90. The molecular formula is C27H27N5O3. The molecule has 2 aromatic heterocycles. The first-order valence-corrected chi connectivity index (χ1v) is 11.7. The summed E-state index contributed by atoms with van der Waals surface area (Å²) in [5.74, 6) is 1.84. The summed E-state index contributed by atoms with van der Waals surface area (Å²) in [5, 5.41) is 7.06. The summed E-state index contributed by atoms with van der Waals surface area (Å²) < 4.78 is 7.44. The molecule has 2 aromatic carbocycles. The van der Waals surface area contributed by atoms with Crippen LogP contribution in [-0.2, 0) is 0 Å². The Morgan fingerprint density at radius 2 is 1.77 bits per heavy atom. The molecule has 0 aliphatic carbocycles. The second-order valence-electron chi connectivity index (χ2n) is 8.76. The van der Waals surface area contributed by atoms with E-state index in [1.165, 1.54) is 10.1 Å². The standard InChI is InChI=1S/C27H27N5O3/c1-17-14-21-15-22(6-7-24(21)32(17)27(28)34)35-23-10-13-30-25(16-23)31-26(33)20-4-2-18(3-5-20)19-8-11-29-12-9-19/h2-7,10,13-16,19,29H,8-9,11-12H2,1H3,(H2,28,34)(H,30,31,33). The monoisotopic (exact) mass is 469 g/mol. The van der Waals surface area contributed by atoms with Crippen molar-refractivity contribution in [2.45, 2.75) is 25.7 Å². The number of carbonyl (C=O) groups is 2. The number of anilines is 1. The second-order valence-corrected chi connectivity index (χ2v) is 8.76. The molecule has 0 saturated carbocycles. The number of nitrogens with zero attached hydrogens (tertiary/aromatic N) is 2. The summed E-state index contributed by atoms with van der Waals surface area (Å²) in [4.78, 5) is 28.7. The largest absolute Gasteiger partial charge is 0.457 e. The molecule has 4 N–H and O–H groups in total. The number of benzene rings is 2. The summed E-state index contributed by atoms with van der Waals surface area (Å²) in [7, 11) is 0. The molecule has 3 heterocycles. The number of carbonyl (C=O) groups excluding carboxylic acids is 2. The van der Waals surface area contributed by atoms with Crippen LogP contribution < -0.4 is 21.1 Å². The maximum Gasteiger partial charge on any atom is 0.323 e. The van der Waals surface area contributed by atoms with Gasteiger partial charge in [0.1, 0.15) is 17.3 Å². The van der Waals surface area contributed by atoms with E-state index in [4.69, 9.17) is 10.5 Å². The molecule has 1 saturated heterocycles. The summed E-state index contributed by atoms with van der Waals surface area (Å²) in [6, 6.07) is 17.9. The van der Waals surface area contributed by atoms with E-state index in [1.54, 1.807) is 30.5 Å². The minimum Gasteiger partial charge on any atom is -0.457 e. The fraction of sp³-hybridized carbons (Fsp3) is 0.222. The molecule has 0 atom stereocenters. The van der Waals surface area contributed by atoms with Crippen LogP contribution in [0.1, 0.15) is 40.4 Å². The Kier molecular flexibility index (Phi) is 6.20. The molecule has 1 aliphatic heterocycles. The van der Waals surface area contributed by atoms with Crippen molar-refractivity contribution in [1.29, 1.82) is 0 Å². The molecule has 178 valence electrons. The van der Waals surface area contributed by atoms with Gasteiger partial charge in [0.2, 0.25) is 0 Å². The lowest BCUT2D eigenvalue weighted by Crippen LogP contribution is -2.26. The van der Waals surface area contributed by atoms with Crippen molar-refractivity contribution in [2.24, 2.45) is 5.73 Å². The minimum absolute atomic E-state index is 0.226. The summed E-state index contributed by atoms with van der Waals surface area (Å²) >= 11 is 0. The topological polar surface area (TPSA) is 111 Å². The molecular weight excluding hydrogens is 442 g/mol. The van der Waals surface area contributed by atoms with Crippen LogP contribution in [0.15, 0.2) is 66.9 Å². The lowest BCUT2D eigenvalue weighted by Gasteiger charge is -2.23. The molecule has 1 fully saturated rings. The number of piperidine rings is 1. The zero-order chi connectivity index (χ0) is 24.4. The van der Waals surface area contributed by atoms with Gasteiger partial charge in [0, 0.05) is 28.9 Å². The smallest absolute Gasteiger partial charge is 0.323 e. The normalized spacial score (nSPS) is 14.1. The minimum atomic E-state index is -0.526. The first-order chi connectivity index (χ1) is 17.0. The maximum absolute atomic E-state index is 12.8. The van der Waals surface area contributed by atoms with Crippen molar-refractivity contribution >= 4 is 28.7 Å². The molecule has 0 radical (unpaired) electrons. The average molecular weight is 470 g/mol. The lowest BCUT2D eigenvalue weighted by molar-refractivity contribution is 0.102. The van der Waals surface area contributed by atoms with Gasteiger partial charge in [0.05, 0.1) is 5.52 Å². The van der Waals surface area contributed by atoms with Crippen molar-refractivity contribution in [3.63, 3.8) is 0 Å². The second kappa shape index (κ2) is 9.60. The SMILES string of the molecule is Cc1cc2cc(Oc3ccnc(NC(=O)c4ccc(C5CCNCC5)cc4)c3)ccc2n1C(N)=O. The van der Waals surface area contributed by atoms with Gasteiger partial charge in [-0.3, -0.25) is 9.36 Å². The van der Waals surface area contributed by atoms with Gasteiger partial charge in [-0.1, -0.05) is 12.1 Å². The van der Waals surface area contributed by atoms with E-state index in [0.717, 1.165) is 42.5 Å². The molecule has 1 aliphatic rings. The van der Waals surface area contributed by atoms with E-state index in [0.29, 0.717) is 28.8 Å². The van der Waals surface area contributed by atoms with Crippen LogP contribution in [0.4, 0.5) is 10.6 Å². The Hall–Kier alpha value is -4.17. The van der Waals surface area contributed by atoms with Crippen LogP contribution in [0.5, 0.6) is 11.5 Å². The zero-order valence-electron chi connectivity index (χ0n) is 19.5. The molecule has 8 heteroatoms. The van der Waals surface area contributed by atoms with Gasteiger partial charge in [-0.25, -0.2) is 9.78 Å². The number of hydrogen-bond acceptors (Lipinski definition) is 5. The Balaban J connectivity index is 1.27. The quantitative estimate of drug-likeness (QED) is 0.389. The van der Waals surface area contributed by atoms with Gasteiger partial charge >= 0.3 is 6.03 Å². The third kappa shape index (κ3) is 4.88. The number of nitrogens with two attached hydrogens (primary N) is 1. The molecule has 8 nitrogen and oxygen atoms in total. The van der Waals surface area contributed by atoms with Crippen LogP contribution in [-0.4, -0.2) is 34.6 Å². The number of rotatable bonds is 5. The fourth-order valence-corrected chi connectivity index (χ4v) is 4.62. The number of pyridine rings is 1. The van der Waals surface area contributed by atoms with Gasteiger partial charge in [-0.15, -0.1) is 0 Å². The first kappa shape index (κ1) is 22.6. The molecule has 0 spiro atoms. The third-order valence-electron chi connectivity index (χ3n) is 6.37. The Morgan fingerprint density at radius 3 is 2.51 bits per heavy atom. The first-order valence-electron chi connectivity index (χ1n) is 11.7. The van der Waals surface area contributed by atoms with Crippen LogP contribution in [0.3, 0.4) is 0 Å². The molecule has 0 unspecified atom stereocenters. The average Bonchev–Trinajstić information content (AvgIpc) is 3.20. The summed E-state index contributed by atoms with van der Waals surface area (Å²) in [5.41, 5.74) is 8.80. The van der Waals surface area contributed by atoms with Crippen molar-refractivity contribution in [3.05, 3.63) is 83.7 Å². The van der Waals surface area contributed by atoms with Crippen molar-refractivity contribution in [3.8, 4) is 11.5 Å². The number of aryl methyl sites for hydroxylation is 1. The molecule has 35 heavy (non-hydrogen) atoms. The number of ether oxygens (including phenoxy) is 1. The van der Waals surface area contributed by atoms with Gasteiger partial charge in [0.15, 0.2) is 0 Å². The van der Waals surface area contributed by atoms with Crippen LogP contribution in [0, 0.1) is 6.92 Å². The Bertz CT molecular complexity index is 1390. The van der Waals surface area contributed by atoms with Gasteiger partial charge in [0.25, 0.3) is 5.91 Å². The van der Waals surface area contributed by atoms with Crippen molar-refractivity contribution in [1.82, 2.24) is 14.9 Å². The number of hydrogen-bond donors (Lipinski definition) is 3. The van der Waals surface area contributed by atoms with E-state index in [2.05, 4.69) is 15.6 Å². The highest BCUT2D eigenvalue weighted by atomic mass is 16.5.